The van der Waals surface area contributed by atoms with Gasteiger partial charge in [-0.25, -0.2) is 4.79 Å². The number of carbonyl (C=O) groups excluding carboxylic acids is 1. The summed E-state index contributed by atoms with van der Waals surface area (Å²) in [5.41, 5.74) is 0. The first-order valence-electron chi connectivity index (χ1n) is 4.37. The molecule has 0 aliphatic carbocycles. The van der Waals surface area contributed by atoms with Gasteiger partial charge in [-0.3, -0.25) is 4.90 Å². The van der Waals surface area contributed by atoms with Crippen molar-refractivity contribution in [2.24, 2.45) is 0 Å². The molecule has 1 aliphatic heterocycles. The molecule has 0 unspecified atom stereocenters. The smallest absolute Gasteiger partial charge is 0.407 e. The second-order valence-electron chi connectivity index (χ2n) is 2.96. The zero-order valence-corrected chi connectivity index (χ0v) is 7.67. The van der Waals surface area contributed by atoms with Crippen molar-refractivity contribution < 1.29 is 9.53 Å². The molecule has 1 atom stereocenters. The van der Waals surface area contributed by atoms with Gasteiger partial charge in [0.1, 0.15) is 6.10 Å². The van der Waals surface area contributed by atoms with Gasteiger partial charge in [0.25, 0.3) is 0 Å². The van der Waals surface area contributed by atoms with Crippen molar-refractivity contribution in [3.8, 4) is 0 Å². The summed E-state index contributed by atoms with van der Waals surface area (Å²) in [5.74, 6) is 0. The number of amides is 1. The molecule has 0 spiro atoms. The van der Waals surface area contributed by atoms with Crippen LogP contribution in [0.3, 0.4) is 0 Å². The van der Waals surface area contributed by atoms with Crippen molar-refractivity contribution in [2.75, 3.05) is 26.7 Å². The molecule has 70 valence electrons. The van der Waals surface area contributed by atoms with E-state index in [2.05, 4.69) is 17.1 Å². The summed E-state index contributed by atoms with van der Waals surface area (Å²) < 4.78 is 5.10. The van der Waals surface area contributed by atoms with Gasteiger partial charge in [0.05, 0.1) is 0 Å². The highest BCUT2D eigenvalue weighted by atomic mass is 16.6. The molecule has 12 heavy (non-hydrogen) atoms. The van der Waals surface area contributed by atoms with Crippen molar-refractivity contribution in [1.82, 2.24) is 10.2 Å². The highest BCUT2D eigenvalue weighted by molar-refractivity contribution is 5.66. The number of alkyl carbamates (subject to hydrolysis) is 1. The lowest BCUT2D eigenvalue weighted by Crippen LogP contribution is -2.28. The monoisotopic (exact) mass is 172 g/mol. The predicted molar refractivity (Wildman–Crippen MR) is 46.1 cm³/mol. The maximum absolute atomic E-state index is 10.8. The van der Waals surface area contributed by atoms with Crippen molar-refractivity contribution in [1.29, 1.82) is 0 Å². The number of rotatable bonds is 2. The van der Waals surface area contributed by atoms with Crippen molar-refractivity contribution in [3.05, 3.63) is 0 Å². The van der Waals surface area contributed by atoms with Crippen LogP contribution in [0.1, 0.15) is 13.3 Å². The van der Waals surface area contributed by atoms with Crippen LogP contribution < -0.4 is 5.32 Å². The van der Waals surface area contributed by atoms with E-state index in [4.69, 9.17) is 4.74 Å². The first-order valence-corrected chi connectivity index (χ1v) is 4.37. The molecule has 0 saturated carbocycles. The summed E-state index contributed by atoms with van der Waals surface area (Å²) in [4.78, 5) is 13.1. The van der Waals surface area contributed by atoms with Crippen LogP contribution in [-0.2, 0) is 4.74 Å². The molecule has 1 heterocycles. The number of nitrogens with one attached hydrogen (secondary N) is 1. The normalized spacial score (nSPS) is 24.0. The van der Waals surface area contributed by atoms with Gasteiger partial charge in [0.15, 0.2) is 0 Å². The third-order valence-electron chi connectivity index (χ3n) is 2.15. The summed E-state index contributed by atoms with van der Waals surface area (Å²) in [6, 6.07) is 0. The molecule has 0 bridgehead atoms. The first kappa shape index (κ1) is 9.32. The second-order valence-corrected chi connectivity index (χ2v) is 2.96. The molecule has 0 radical (unpaired) electrons. The number of nitrogens with zero attached hydrogens (tertiary/aromatic N) is 1. The van der Waals surface area contributed by atoms with E-state index in [1.54, 1.807) is 7.05 Å². The van der Waals surface area contributed by atoms with Crippen LogP contribution >= 0.6 is 0 Å². The van der Waals surface area contributed by atoms with E-state index < -0.39 is 0 Å². The minimum absolute atomic E-state index is 0.0879. The van der Waals surface area contributed by atoms with Gasteiger partial charge in [0.2, 0.25) is 0 Å². The van der Waals surface area contributed by atoms with Crippen LogP contribution in [0, 0.1) is 0 Å². The summed E-state index contributed by atoms with van der Waals surface area (Å²) in [6.45, 7) is 5.07. The largest absolute Gasteiger partial charge is 0.445 e. The number of likely N-dealkylation sites (N-methyl/N-ethyl adjacent to an activating group) is 1. The molecule has 4 nitrogen and oxygen atoms in total. The van der Waals surface area contributed by atoms with E-state index in [1.165, 1.54) is 0 Å². The number of likely N-dealkylation sites (tertiary alicyclic amines) is 1. The third kappa shape index (κ3) is 2.37. The van der Waals surface area contributed by atoms with Gasteiger partial charge in [-0.2, -0.15) is 0 Å². The topological polar surface area (TPSA) is 41.6 Å². The van der Waals surface area contributed by atoms with E-state index in [-0.39, 0.29) is 12.2 Å². The Morgan fingerprint density at radius 3 is 3.00 bits per heavy atom. The van der Waals surface area contributed by atoms with Crippen molar-refractivity contribution in [2.45, 2.75) is 19.4 Å². The Labute approximate surface area is 72.9 Å². The van der Waals surface area contributed by atoms with Crippen LogP contribution in [0.2, 0.25) is 0 Å². The predicted octanol–water partition coefficient (Wildman–Crippen LogP) is 0.437. The van der Waals surface area contributed by atoms with Crippen LogP contribution in [0.4, 0.5) is 4.79 Å². The Hall–Kier alpha value is -0.770. The molecule has 1 amide bonds. The molecular formula is C8H16N2O2. The van der Waals surface area contributed by atoms with E-state index in [1.807, 2.05) is 0 Å². The Morgan fingerprint density at radius 2 is 2.50 bits per heavy atom. The minimum atomic E-state index is -0.321. The fourth-order valence-corrected chi connectivity index (χ4v) is 1.39. The van der Waals surface area contributed by atoms with Gasteiger partial charge in [-0.05, 0) is 13.0 Å². The average Bonchev–Trinajstić information content (AvgIpc) is 2.52. The van der Waals surface area contributed by atoms with Crippen LogP contribution in [0.25, 0.3) is 0 Å². The van der Waals surface area contributed by atoms with Crippen molar-refractivity contribution >= 4 is 6.09 Å². The standard InChI is InChI=1S/C8H16N2O2/c1-3-10-5-4-7(6-10)12-8(11)9-2/h7H,3-6H2,1-2H3,(H,9,11)/t7-/m0/s1. The lowest BCUT2D eigenvalue weighted by molar-refractivity contribution is 0.103. The van der Waals surface area contributed by atoms with Gasteiger partial charge < -0.3 is 10.1 Å². The lowest BCUT2D eigenvalue weighted by Gasteiger charge is -2.13. The van der Waals surface area contributed by atoms with Crippen LogP contribution in [0.5, 0.6) is 0 Å². The van der Waals surface area contributed by atoms with E-state index in [0.717, 1.165) is 26.1 Å². The molecule has 0 aromatic heterocycles. The molecule has 1 aliphatic rings. The highest BCUT2D eigenvalue weighted by Crippen LogP contribution is 2.11. The molecule has 1 saturated heterocycles. The molecule has 1 N–H and O–H groups in total. The zero-order valence-electron chi connectivity index (χ0n) is 7.67. The van der Waals surface area contributed by atoms with E-state index in [0.29, 0.717) is 0 Å². The molecule has 0 aromatic rings. The van der Waals surface area contributed by atoms with Gasteiger partial charge in [-0.1, -0.05) is 6.92 Å². The Morgan fingerprint density at radius 1 is 1.75 bits per heavy atom. The Bertz CT molecular complexity index is 161. The number of carbonyl (C=O) groups is 1. The zero-order chi connectivity index (χ0) is 8.97. The van der Waals surface area contributed by atoms with Gasteiger partial charge >= 0.3 is 6.09 Å². The van der Waals surface area contributed by atoms with E-state index >= 15 is 0 Å². The van der Waals surface area contributed by atoms with Gasteiger partial charge in [0, 0.05) is 20.1 Å². The second kappa shape index (κ2) is 4.30. The first-order chi connectivity index (χ1) is 5.76. The summed E-state index contributed by atoms with van der Waals surface area (Å²) >= 11 is 0. The maximum atomic E-state index is 10.8. The molecule has 1 fully saturated rings. The quantitative estimate of drug-likeness (QED) is 0.657. The summed E-state index contributed by atoms with van der Waals surface area (Å²) in [5, 5.41) is 2.45. The van der Waals surface area contributed by atoms with Crippen LogP contribution in [-0.4, -0.2) is 43.8 Å². The number of ether oxygens (including phenoxy) is 1. The molecule has 0 aromatic carbocycles. The minimum Gasteiger partial charge on any atom is -0.445 e. The number of hydrogen-bond acceptors (Lipinski definition) is 3. The SMILES string of the molecule is CCN1CC[C@H](OC(=O)NC)C1. The highest BCUT2D eigenvalue weighted by Gasteiger charge is 2.23. The summed E-state index contributed by atoms with van der Waals surface area (Å²) in [6.07, 6.45) is 0.726. The van der Waals surface area contributed by atoms with Crippen molar-refractivity contribution in [3.63, 3.8) is 0 Å². The Kier molecular flexibility index (Phi) is 3.34. The average molecular weight is 172 g/mol. The fraction of sp³-hybridized carbons (Fsp3) is 0.875. The molecule has 4 heteroatoms. The van der Waals surface area contributed by atoms with E-state index in [9.17, 15) is 4.79 Å². The Balaban J connectivity index is 2.23. The maximum Gasteiger partial charge on any atom is 0.407 e. The third-order valence-corrected chi connectivity index (χ3v) is 2.15. The molecular weight excluding hydrogens is 156 g/mol. The van der Waals surface area contributed by atoms with Gasteiger partial charge in [-0.15, -0.1) is 0 Å². The molecule has 1 rings (SSSR count). The van der Waals surface area contributed by atoms with Crippen LogP contribution in [0.15, 0.2) is 0 Å². The summed E-state index contributed by atoms with van der Waals surface area (Å²) in [7, 11) is 1.58. The fourth-order valence-electron chi connectivity index (χ4n) is 1.39. The number of hydrogen-bond donors (Lipinski definition) is 1. The lowest BCUT2D eigenvalue weighted by atomic mass is 10.3.